The third-order valence-corrected chi connectivity index (χ3v) is 10.6. The fourth-order valence-electron chi connectivity index (χ4n) is 3.96. The maximum absolute atomic E-state index is 11.9. The molecule has 30 heavy (non-hydrogen) atoms. The molecule has 0 bridgehead atoms. The van der Waals surface area contributed by atoms with Crippen molar-refractivity contribution in [2.45, 2.75) is 64.5 Å². The van der Waals surface area contributed by atoms with Crippen molar-refractivity contribution in [2.24, 2.45) is 0 Å². The second-order valence-corrected chi connectivity index (χ2v) is 13.0. The van der Waals surface area contributed by atoms with E-state index >= 15 is 0 Å². The first-order chi connectivity index (χ1) is 14.2. The van der Waals surface area contributed by atoms with Crippen molar-refractivity contribution >= 4 is 30.4 Å². The quantitative estimate of drug-likeness (QED) is 0.324. The topological polar surface area (TPSA) is 52.6 Å². The van der Waals surface area contributed by atoms with E-state index < -0.39 is 14.3 Å². The van der Waals surface area contributed by atoms with Crippen LogP contribution in [-0.4, -0.2) is 33.3 Å². The number of methoxy groups -OCH3 is 1. The zero-order valence-electron chi connectivity index (χ0n) is 18.8. The molecule has 0 aromatic heterocycles. The highest BCUT2D eigenvalue weighted by atomic mass is 28.4. The minimum absolute atomic E-state index is 0.0118. The number of hydrogen-bond donors (Lipinski definition) is 0. The van der Waals surface area contributed by atoms with Crippen LogP contribution >= 0.6 is 0 Å². The molecule has 0 fully saturated rings. The number of carbonyl (C=O) groups excluding carboxylic acids is 2. The first-order valence-electron chi connectivity index (χ1n) is 10.6. The Hall–Kier alpha value is -2.24. The zero-order valence-corrected chi connectivity index (χ0v) is 19.8. The van der Waals surface area contributed by atoms with Crippen LogP contribution in [0.1, 0.15) is 53.4 Å². The maximum Gasteiger partial charge on any atom is 0.313 e. The van der Waals surface area contributed by atoms with E-state index in [1.165, 1.54) is 17.5 Å². The Morgan fingerprint density at radius 2 is 1.43 bits per heavy atom. The number of benzene rings is 2. The van der Waals surface area contributed by atoms with E-state index in [0.29, 0.717) is 12.8 Å². The Kier molecular flexibility index (Phi) is 8.56. The van der Waals surface area contributed by atoms with E-state index in [9.17, 15) is 9.59 Å². The van der Waals surface area contributed by atoms with E-state index in [0.717, 1.165) is 6.42 Å². The number of carbonyl (C=O) groups is 2. The Bertz CT molecular complexity index is 773. The highest BCUT2D eigenvalue weighted by Gasteiger charge is 2.50. The highest BCUT2D eigenvalue weighted by Crippen LogP contribution is 2.37. The number of rotatable bonds is 10. The summed E-state index contributed by atoms with van der Waals surface area (Å²) in [5.74, 6) is -0.559. The normalized spacial score (nSPS) is 13.0. The van der Waals surface area contributed by atoms with Gasteiger partial charge in [0.25, 0.3) is 8.32 Å². The Morgan fingerprint density at radius 3 is 1.87 bits per heavy atom. The Labute approximate surface area is 181 Å². The van der Waals surface area contributed by atoms with Crippen LogP contribution in [0.25, 0.3) is 0 Å². The summed E-state index contributed by atoms with van der Waals surface area (Å²) in [5, 5.41) is 2.42. The van der Waals surface area contributed by atoms with Gasteiger partial charge in [0.2, 0.25) is 0 Å². The molecule has 2 rings (SSSR count). The van der Waals surface area contributed by atoms with Crippen LogP contribution in [-0.2, 0) is 18.8 Å². The van der Waals surface area contributed by atoms with Crippen LogP contribution in [0, 0.1) is 0 Å². The lowest BCUT2D eigenvalue weighted by molar-refractivity contribution is -0.143. The van der Waals surface area contributed by atoms with Gasteiger partial charge in [0.1, 0.15) is 12.2 Å². The van der Waals surface area contributed by atoms with Gasteiger partial charge in [-0.1, -0.05) is 81.4 Å². The fraction of sp³-hybridized carbons (Fsp3) is 0.440. The third-order valence-electron chi connectivity index (χ3n) is 5.43. The summed E-state index contributed by atoms with van der Waals surface area (Å²) >= 11 is 0. The molecule has 0 N–H and O–H groups in total. The number of Topliss-reactive ketones (excluding diaryl/α,β-unsaturated/α-hetero) is 1. The van der Waals surface area contributed by atoms with Crippen molar-refractivity contribution in [1.29, 1.82) is 0 Å². The average Bonchev–Trinajstić information content (AvgIpc) is 2.72. The smallest absolute Gasteiger partial charge is 0.313 e. The van der Waals surface area contributed by atoms with E-state index in [2.05, 4.69) is 81.0 Å². The number of hydrogen-bond acceptors (Lipinski definition) is 4. The average molecular weight is 427 g/mol. The first kappa shape index (κ1) is 24.0. The summed E-state index contributed by atoms with van der Waals surface area (Å²) in [4.78, 5) is 23.2. The lowest BCUT2D eigenvalue weighted by Gasteiger charge is -2.44. The number of esters is 1. The van der Waals surface area contributed by atoms with E-state index in [1.807, 2.05) is 12.1 Å². The monoisotopic (exact) mass is 426 g/mol. The number of ether oxygens (including phenoxy) is 1. The molecule has 162 valence electrons. The van der Waals surface area contributed by atoms with Crippen molar-refractivity contribution in [1.82, 2.24) is 0 Å². The van der Waals surface area contributed by atoms with Gasteiger partial charge in [0, 0.05) is 12.5 Å². The second kappa shape index (κ2) is 10.7. The zero-order chi connectivity index (χ0) is 22.2. The van der Waals surface area contributed by atoms with Gasteiger partial charge in [0.05, 0.1) is 7.11 Å². The van der Waals surface area contributed by atoms with Crippen molar-refractivity contribution in [3.8, 4) is 0 Å². The SMILES string of the molecule is COC(=O)CC(=O)CCC[C@@H](C)O[Si](c1ccccc1)(c1ccccc1)C(C)(C)C. The van der Waals surface area contributed by atoms with Crippen molar-refractivity contribution in [3.05, 3.63) is 60.7 Å². The summed E-state index contributed by atoms with van der Waals surface area (Å²) in [6.07, 6.45) is 1.65. The standard InChI is InChI=1S/C25H34O4Si/c1-20(13-12-14-21(26)19-24(27)28-5)29-30(25(2,3)4,22-15-8-6-9-16-22)23-17-10-7-11-18-23/h6-11,15-18,20H,12-14,19H2,1-5H3/t20-/m1/s1. The lowest BCUT2D eigenvalue weighted by Crippen LogP contribution is -2.67. The molecule has 0 amide bonds. The molecular formula is C25H34O4Si. The van der Waals surface area contributed by atoms with Gasteiger partial charge >= 0.3 is 5.97 Å². The van der Waals surface area contributed by atoms with Crippen LogP contribution in [0.15, 0.2) is 60.7 Å². The largest absolute Gasteiger partial charge is 0.469 e. The molecule has 0 aliphatic heterocycles. The van der Waals surface area contributed by atoms with Crippen molar-refractivity contribution < 1.29 is 18.8 Å². The van der Waals surface area contributed by atoms with Gasteiger partial charge in [-0.3, -0.25) is 9.59 Å². The minimum atomic E-state index is -2.58. The van der Waals surface area contributed by atoms with Crippen molar-refractivity contribution in [3.63, 3.8) is 0 Å². The summed E-state index contributed by atoms with van der Waals surface area (Å²) in [6.45, 7) is 8.85. The van der Waals surface area contributed by atoms with Gasteiger partial charge < -0.3 is 9.16 Å². The summed E-state index contributed by atoms with van der Waals surface area (Å²) < 4.78 is 11.6. The van der Waals surface area contributed by atoms with E-state index in [-0.39, 0.29) is 23.3 Å². The van der Waals surface area contributed by atoms with Gasteiger partial charge in [-0.2, -0.15) is 0 Å². The minimum Gasteiger partial charge on any atom is -0.469 e. The molecule has 4 nitrogen and oxygen atoms in total. The van der Waals surface area contributed by atoms with Crippen LogP contribution in [0.3, 0.4) is 0 Å². The van der Waals surface area contributed by atoms with Crippen LogP contribution in [0.5, 0.6) is 0 Å². The molecule has 1 atom stereocenters. The Balaban J connectivity index is 2.24. The van der Waals surface area contributed by atoms with Crippen LogP contribution in [0.2, 0.25) is 5.04 Å². The van der Waals surface area contributed by atoms with E-state index in [1.54, 1.807) is 0 Å². The number of ketones is 1. The van der Waals surface area contributed by atoms with Gasteiger partial charge in [-0.15, -0.1) is 0 Å². The molecule has 0 radical (unpaired) electrons. The molecule has 5 heteroatoms. The van der Waals surface area contributed by atoms with Gasteiger partial charge in [0.15, 0.2) is 0 Å². The molecule has 2 aromatic carbocycles. The van der Waals surface area contributed by atoms with Crippen molar-refractivity contribution in [2.75, 3.05) is 7.11 Å². The molecule has 0 aliphatic carbocycles. The molecule has 0 aliphatic rings. The van der Waals surface area contributed by atoms with Crippen LogP contribution in [0.4, 0.5) is 0 Å². The first-order valence-corrected chi connectivity index (χ1v) is 12.5. The molecule has 0 heterocycles. The van der Waals surface area contributed by atoms with Crippen LogP contribution < -0.4 is 10.4 Å². The second-order valence-electron chi connectivity index (χ2n) is 8.78. The Morgan fingerprint density at radius 1 is 0.933 bits per heavy atom. The fourth-order valence-corrected chi connectivity index (χ4v) is 8.70. The molecule has 0 saturated carbocycles. The maximum atomic E-state index is 11.9. The predicted molar refractivity (Wildman–Crippen MR) is 124 cm³/mol. The molecule has 2 aromatic rings. The van der Waals surface area contributed by atoms with Gasteiger partial charge in [-0.05, 0) is 35.2 Å². The lowest BCUT2D eigenvalue weighted by atomic mass is 10.1. The highest BCUT2D eigenvalue weighted by molar-refractivity contribution is 6.99. The summed E-state index contributed by atoms with van der Waals surface area (Å²) in [7, 11) is -1.28. The van der Waals surface area contributed by atoms with Gasteiger partial charge in [-0.25, -0.2) is 0 Å². The summed E-state index contributed by atoms with van der Waals surface area (Å²) in [6, 6.07) is 21.1. The summed E-state index contributed by atoms with van der Waals surface area (Å²) in [5.41, 5.74) is 0. The molecule has 0 saturated heterocycles. The molecular weight excluding hydrogens is 392 g/mol. The molecule has 0 unspecified atom stereocenters. The third kappa shape index (κ3) is 5.89. The predicted octanol–water partition coefficient (Wildman–Crippen LogP) is 4.25. The molecule has 0 spiro atoms. The van der Waals surface area contributed by atoms with E-state index in [4.69, 9.17) is 4.43 Å².